The number of H-pyrrole nitrogens is 1. The van der Waals surface area contributed by atoms with Gasteiger partial charge in [0.2, 0.25) is 10.0 Å². The Bertz CT molecular complexity index is 1610. The molecule has 2 aromatic carbocycles. The van der Waals surface area contributed by atoms with Crippen LogP contribution in [-0.2, 0) is 27.8 Å². The smallest absolute Gasteiger partial charge is 0.305 e. The van der Waals surface area contributed by atoms with Gasteiger partial charge in [0.1, 0.15) is 4.21 Å². The second-order valence-corrected chi connectivity index (χ2v) is 11.4. The van der Waals surface area contributed by atoms with Gasteiger partial charge in [-0.15, -0.1) is 16.4 Å². The van der Waals surface area contributed by atoms with Gasteiger partial charge in [-0.2, -0.15) is 0 Å². The molecule has 0 spiro atoms. The largest absolute Gasteiger partial charge is 0.481 e. The van der Waals surface area contributed by atoms with Crippen molar-refractivity contribution in [1.29, 1.82) is 0 Å². The maximum atomic E-state index is 13.0. The Morgan fingerprint density at radius 3 is 2.67 bits per heavy atom. The first-order valence-corrected chi connectivity index (χ1v) is 13.5. The number of hydrogen-bond donors (Lipinski definition) is 3. The van der Waals surface area contributed by atoms with Gasteiger partial charge < -0.3 is 10.1 Å². The molecule has 3 N–H and O–H groups in total. The molecule has 36 heavy (non-hydrogen) atoms. The Kier molecular flexibility index (Phi) is 6.68. The lowest BCUT2D eigenvalue weighted by Crippen LogP contribution is -2.26. The molecule has 0 saturated heterocycles. The second kappa shape index (κ2) is 10.1. The molecule has 9 nitrogen and oxygen atoms in total. The van der Waals surface area contributed by atoms with E-state index < -0.39 is 22.0 Å². The zero-order chi connectivity index (χ0) is 25.1. The van der Waals surface area contributed by atoms with Crippen LogP contribution in [-0.4, -0.2) is 39.5 Å². The molecule has 0 aliphatic rings. The van der Waals surface area contributed by atoms with Crippen LogP contribution in [0.2, 0.25) is 0 Å². The van der Waals surface area contributed by atoms with Crippen LogP contribution < -0.4 is 4.72 Å². The summed E-state index contributed by atoms with van der Waals surface area (Å²) in [4.78, 5) is 15.7. The van der Waals surface area contributed by atoms with Gasteiger partial charge in [0, 0.05) is 22.0 Å². The minimum atomic E-state index is -3.79. The Labute approximate surface area is 211 Å². The molecule has 0 radical (unpaired) electrons. The van der Waals surface area contributed by atoms with Crippen LogP contribution in [0.25, 0.3) is 21.3 Å². The van der Waals surface area contributed by atoms with Crippen molar-refractivity contribution in [2.45, 2.75) is 29.6 Å². The van der Waals surface area contributed by atoms with E-state index in [1.165, 1.54) is 22.2 Å². The number of carboxylic acids is 1. The molecule has 1 unspecified atom stereocenters. The molecular formula is C25H23N5O4S2. The van der Waals surface area contributed by atoms with E-state index in [-0.39, 0.29) is 17.2 Å². The van der Waals surface area contributed by atoms with Crippen molar-refractivity contribution < 1.29 is 18.3 Å². The minimum absolute atomic E-state index is 0.0715. The molecule has 3 aromatic heterocycles. The van der Waals surface area contributed by atoms with E-state index in [2.05, 4.69) is 20.0 Å². The Balaban J connectivity index is 1.35. The van der Waals surface area contributed by atoms with E-state index in [1.54, 1.807) is 12.1 Å². The van der Waals surface area contributed by atoms with Gasteiger partial charge in [-0.3, -0.25) is 4.79 Å². The lowest BCUT2D eigenvalue weighted by Gasteiger charge is -2.17. The molecule has 11 heteroatoms. The third kappa shape index (κ3) is 5.08. The number of fused-ring (bicyclic) bond motifs is 1. The number of aromatic nitrogens is 4. The van der Waals surface area contributed by atoms with Crippen molar-refractivity contribution in [3.63, 3.8) is 0 Å². The lowest BCUT2D eigenvalue weighted by molar-refractivity contribution is -0.138. The summed E-state index contributed by atoms with van der Waals surface area (Å²) in [5.74, 6) is -0.978. The van der Waals surface area contributed by atoms with E-state index in [0.717, 1.165) is 26.9 Å². The van der Waals surface area contributed by atoms with Gasteiger partial charge in [0.05, 0.1) is 30.9 Å². The van der Waals surface area contributed by atoms with Crippen LogP contribution in [0, 0.1) is 0 Å². The summed E-state index contributed by atoms with van der Waals surface area (Å²) >= 11 is 1.18. The molecule has 0 amide bonds. The molecule has 0 fully saturated rings. The maximum absolute atomic E-state index is 13.0. The number of aliphatic carboxylic acids is 1. The first kappa shape index (κ1) is 23.9. The molecule has 3 heterocycles. The van der Waals surface area contributed by atoms with Crippen LogP contribution >= 0.6 is 11.3 Å². The summed E-state index contributed by atoms with van der Waals surface area (Å²) < 4.78 is 30.3. The van der Waals surface area contributed by atoms with Gasteiger partial charge in [-0.05, 0) is 35.7 Å². The molecule has 0 saturated carbocycles. The normalized spacial score (nSPS) is 12.7. The highest BCUT2D eigenvalue weighted by molar-refractivity contribution is 7.91. The number of nitrogens with one attached hydrogen (secondary N) is 2. The summed E-state index contributed by atoms with van der Waals surface area (Å²) in [6, 6.07) is 20.2. The van der Waals surface area contributed by atoms with Crippen LogP contribution in [0.5, 0.6) is 0 Å². The number of benzene rings is 2. The predicted molar refractivity (Wildman–Crippen MR) is 137 cm³/mol. The summed E-state index contributed by atoms with van der Waals surface area (Å²) in [5, 5.41) is 18.6. The average Bonchev–Trinajstić information content (AvgIpc) is 3.63. The lowest BCUT2D eigenvalue weighted by atomic mass is 10.0. The van der Waals surface area contributed by atoms with Gasteiger partial charge in [0.15, 0.2) is 0 Å². The molecule has 0 aliphatic carbocycles. The van der Waals surface area contributed by atoms with Crippen molar-refractivity contribution in [3.8, 4) is 10.4 Å². The topological polar surface area (TPSA) is 130 Å². The third-order valence-electron chi connectivity index (χ3n) is 5.88. The number of rotatable bonds is 10. The van der Waals surface area contributed by atoms with Crippen LogP contribution in [0.3, 0.4) is 0 Å². The van der Waals surface area contributed by atoms with E-state index in [0.29, 0.717) is 12.1 Å². The summed E-state index contributed by atoms with van der Waals surface area (Å²) in [6.45, 7) is -0.0715. The quantitative estimate of drug-likeness (QED) is 0.252. The number of hydrogen-bond acceptors (Lipinski definition) is 6. The fraction of sp³-hybridized carbons (Fsp3) is 0.160. The molecule has 184 valence electrons. The van der Waals surface area contributed by atoms with Gasteiger partial charge in [-0.25, -0.2) is 17.8 Å². The summed E-state index contributed by atoms with van der Waals surface area (Å²) in [6.07, 6.45) is 3.52. The van der Waals surface area contributed by atoms with E-state index >= 15 is 0 Å². The molecule has 1 atom stereocenters. The monoisotopic (exact) mass is 521 g/mol. The third-order valence-corrected chi connectivity index (χ3v) is 8.91. The Morgan fingerprint density at radius 2 is 1.86 bits per heavy atom. The highest BCUT2D eigenvalue weighted by atomic mass is 32.2. The first-order valence-electron chi connectivity index (χ1n) is 11.2. The molecular weight excluding hydrogens is 498 g/mol. The zero-order valence-corrected chi connectivity index (χ0v) is 20.7. The highest BCUT2D eigenvalue weighted by Gasteiger charge is 2.23. The molecule has 0 bridgehead atoms. The zero-order valence-electron chi connectivity index (χ0n) is 19.0. The van der Waals surface area contributed by atoms with Crippen molar-refractivity contribution in [3.05, 3.63) is 90.4 Å². The number of aromatic amines is 1. The number of sulfonamides is 1. The molecule has 5 aromatic rings. The van der Waals surface area contributed by atoms with Gasteiger partial charge in [0.25, 0.3) is 0 Å². The van der Waals surface area contributed by atoms with Crippen LogP contribution in [0.15, 0.2) is 83.3 Å². The van der Waals surface area contributed by atoms with E-state index in [9.17, 15) is 18.3 Å². The van der Waals surface area contributed by atoms with Crippen molar-refractivity contribution >= 4 is 38.2 Å². The van der Waals surface area contributed by atoms with Gasteiger partial charge >= 0.3 is 5.97 Å². The number of thiophene rings is 1. The summed E-state index contributed by atoms with van der Waals surface area (Å²) in [5.41, 5.74) is 3.33. The standard InChI is InChI=1S/C25H23N5O4S2/c31-24(32)13-19(12-18-14-26-22-9-5-4-8-21(18)22)30-20(15-27-29-30)16-28-36(33,34)25-11-10-23(35-25)17-6-2-1-3-7-17/h1-11,14-15,19,26,28H,12-13,16H2,(H,31,32). The number of carboxylic acid groups (broad SMARTS) is 1. The number of carbonyl (C=O) groups is 1. The van der Waals surface area contributed by atoms with Crippen molar-refractivity contribution in [1.82, 2.24) is 24.7 Å². The molecule has 0 aliphatic heterocycles. The average molecular weight is 522 g/mol. The molecule has 5 rings (SSSR count). The minimum Gasteiger partial charge on any atom is -0.481 e. The fourth-order valence-corrected chi connectivity index (χ4v) is 6.52. The van der Waals surface area contributed by atoms with E-state index in [1.807, 2.05) is 60.8 Å². The fourth-order valence-electron chi connectivity index (χ4n) is 4.16. The summed E-state index contributed by atoms with van der Waals surface area (Å²) in [7, 11) is -3.79. The maximum Gasteiger partial charge on any atom is 0.305 e. The highest BCUT2D eigenvalue weighted by Crippen LogP contribution is 2.31. The number of nitrogens with zero attached hydrogens (tertiary/aromatic N) is 3. The Morgan fingerprint density at radius 1 is 1.08 bits per heavy atom. The number of para-hydroxylation sites is 1. The Hall–Kier alpha value is -3.80. The van der Waals surface area contributed by atoms with Crippen molar-refractivity contribution in [2.75, 3.05) is 0 Å². The predicted octanol–water partition coefficient (Wildman–Crippen LogP) is 4.22. The SMILES string of the molecule is O=C(O)CC(Cc1c[nH]c2ccccc12)n1nncc1CNS(=O)(=O)c1ccc(-c2ccccc2)s1. The van der Waals surface area contributed by atoms with Crippen LogP contribution in [0.4, 0.5) is 0 Å². The van der Waals surface area contributed by atoms with Gasteiger partial charge in [-0.1, -0.05) is 53.7 Å². The van der Waals surface area contributed by atoms with Crippen molar-refractivity contribution in [2.24, 2.45) is 0 Å². The van der Waals surface area contributed by atoms with Crippen LogP contribution in [0.1, 0.15) is 23.7 Å². The van der Waals surface area contributed by atoms with E-state index in [4.69, 9.17) is 0 Å². The second-order valence-electron chi connectivity index (χ2n) is 8.29. The first-order chi connectivity index (χ1) is 17.4.